The topological polar surface area (TPSA) is 23.6 Å². The highest BCUT2D eigenvalue weighted by Gasteiger charge is 2.26. The van der Waals surface area contributed by atoms with Crippen molar-refractivity contribution in [3.05, 3.63) is 34.9 Å². The lowest BCUT2D eigenvalue weighted by molar-refractivity contribution is 0.0966. The zero-order valence-corrected chi connectivity index (χ0v) is 13.8. The van der Waals surface area contributed by atoms with E-state index < -0.39 is 0 Å². The summed E-state index contributed by atoms with van der Waals surface area (Å²) in [5.41, 5.74) is 0.763. The second-order valence-corrected chi connectivity index (χ2v) is 6.08. The van der Waals surface area contributed by atoms with E-state index in [1.165, 1.54) is 6.42 Å². The van der Waals surface area contributed by atoms with Gasteiger partial charge in [-0.2, -0.15) is 0 Å². The first-order valence-corrected chi connectivity index (χ1v) is 8.27. The van der Waals surface area contributed by atoms with Gasteiger partial charge in [0, 0.05) is 36.1 Å². The van der Waals surface area contributed by atoms with Crippen molar-refractivity contribution in [3.63, 3.8) is 0 Å². The van der Waals surface area contributed by atoms with Gasteiger partial charge < -0.3 is 4.90 Å². The summed E-state index contributed by atoms with van der Waals surface area (Å²) in [5.74, 6) is 0.206. The molecule has 0 amide bonds. The predicted octanol–water partition coefficient (Wildman–Crippen LogP) is 3.33. The van der Waals surface area contributed by atoms with Crippen LogP contribution in [-0.4, -0.2) is 54.3 Å². The number of hydrogen-bond donors (Lipinski definition) is 0. The van der Waals surface area contributed by atoms with Gasteiger partial charge in [0.05, 0.1) is 0 Å². The fraction of sp³-hybridized carbons (Fsp3) is 0.588. The molecule has 0 aliphatic carbocycles. The van der Waals surface area contributed by atoms with E-state index in [1.807, 2.05) is 12.1 Å². The molecule has 116 valence electrons. The molecule has 3 nitrogen and oxygen atoms in total. The molecule has 1 aliphatic heterocycles. The van der Waals surface area contributed by atoms with Gasteiger partial charge in [0.1, 0.15) is 0 Å². The molecule has 1 heterocycles. The van der Waals surface area contributed by atoms with Crippen LogP contribution in [-0.2, 0) is 0 Å². The Balaban J connectivity index is 1.79. The van der Waals surface area contributed by atoms with E-state index in [0.29, 0.717) is 17.5 Å². The summed E-state index contributed by atoms with van der Waals surface area (Å²) >= 11 is 5.85. The van der Waals surface area contributed by atoms with Crippen molar-refractivity contribution >= 4 is 17.4 Å². The number of nitrogens with zero attached hydrogens (tertiary/aromatic N) is 2. The van der Waals surface area contributed by atoms with Crippen molar-refractivity contribution in [2.45, 2.75) is 32.7 Å². The lowest BCUT2D eigenvalue weighted by Crippen LogP contribution is -2.37. The van der Waals surface area contributed by atoms with Gasteiger partial charge in [0.2, 0.25) is 0 Å². The smallest absolute Gasteiger partial charge is 0.164 e. The third kappa shape index (κ3) is 4.53. The number of likely N-dealkylation sites (tertiary alicyclic amines) is 1. The molecule has 0 bridgehead atoms. The third-order valence-electron chi connectivity index (χ3n) is 4.40. The maximum atomic E-state index is 12.2. The number of carbonyl (C=O) groups is 1. The summed E-state index contributed by atoms with van der Waals surface area (Å²) < 4.78 is 0. The second kappa shape index (κ2) is 7.92. The third-order valence-corrected chi connectivity index (χ3v) is 4.65. The molecule has 1 atom stereocenters. The molecule has 0 saturated carbocycles. The second-order valence-electron chi connectivity index (χ2n) is 5.64. The van der Waals surface area contributed by atoms with Crippen LogP contribution >= 0.6 is 11.6 Å². The summed E-state index contributed by atoms with van der Waals surface area (Å²) in [6.07, 6.45) is 1.81. The Kier molecular flexibility index (Phi) is 6.22. The zero-order chi connectivity index (χ0) is 15.2. The van der Waals surface area contributed by atoms with Crippen LogP contribution in [0, 0.1) is 0 Å². The molecular formula is C17H25ClN2O. The molecule has 0 aromatic heterocycles. The van der Waals surface area contributed by atoms with Gasteiger partial charge in [0.15, 0.2) is 5.78 Å². The van der Waals surface area contributed by atoms with Crippen molar-refractivity contribution in [2.75, 3.05) is 32.7 Å². The largest absolute Gasteiger partial charge is 0.301 e. The molecule has 1 unspecified atom stereocenters. The first-order valence-electron chi connectivity index (χ1n) is 7.89. The fourth-order valence-corrected chi connectivity index (χ4v) is 3.22. The molecular weight excluding hydrogens is 284 g/mol. The molecule has 0 spiro atoms. The Labute approximate surface area is 132 Å². The number of hydrogen-bond acceptors (Lipinski definition) is 3. The Morgan fingerprint density at radius 1 is 1.29 bits per heavy atom. The van der Waals surface area contributed by atoms with Gasteiger partial charge in [-0.25, -0.2) is 0 Å². The van der Waals surface area contributed by atoms with Crippen molar-refractivity contribution in [3.8, 4) is 0 Å². The van der Waals surface area contributed by atoms with Gasteiger partial charge in [0.25, 0.3) is 0 Å². The van der Waals surface area contributed by atoms with Crippen molar-refractivity contribution < 1.29 is 4.79 Å². The quantitative estimate of drug-likeness (QED) is 0.722. The number of Topliss-reactive ketones (excluding diaryl/α,β-unsaturated/α-hetero) is 1. The molecule has 21 heavy (non-hydrogen) atoms. The van der Waals surface area contributed by atoms with Crippen molar-refractivity contribution in [1.82, 2.24) is 9.80 Å². The number of halogens is 1. The van der Waals surface area contributed by atoms with Crippen LogP contribution in [0.4, 0.5) is 0 Å². The molecule has 1 aromatic carbocycles. The van der Waals surface area contributed by atoms with E-state index >= 15 is 0 Å². The van der Waals surface area contributed by atoms with Crippen LogP contribution in [0.1, 0.15) is 37.0 Å². The maximum Gasteiger partial charge on any atom is 0.164 e. The number of rotatable bonds is 7. The van der Waals surface area contributed by atoms with Crippen LogP contribution < -0.4 is 0 Å². The van der Waals surface area contributed by atoms with Gasteiger partial charge in [-0.15, -0.1) is 0 Å². The number of carbonyl (C=O) groups excluding carboxylic acids is 1. The maximum absolute atomic E-state index is 12.2. The lowest BCUT2D eigenvalue weighted by Gasteiger charge is -2.26. The molecule has 1 aromatic rings. The average molecular weight is 309 g/mol. The van der Waals surface area contributed by atoms with E-state index in [-0.39, 0.29) is 5.78 Å². The normalized spacial score (nSPS) is 19.3. The van der Waals surface area contributed by atoms with Crippen LogP contribution in [0.25, 0.3) is 0 Å². The molecule has 1 saturated heterocycles. The molecule has 0 N–H and O–H groups in total. The average Bonchev–Trinajstić information content (AvgIpc) is 2.96. The zero-order valence-electron chi connectivity index (χ0n) is 13.0. The van der Waals surface area contributed by atoms with Crippen LogP contribution in [0.3, 0.4) is 0 Å². The fourth-order valence-electron chi connectivity index (χ4n) is 3.09. The number of likely N-dealkylation sites (N-methyl/N-ethyl adjacent to an activating group) is 1. The van der Waals surface area contributed by atoms with E-state index in [4.69, 9.17) is 11.6 Å². The predicted molar refractivity (Wildman–Crippen MR) is 88.2 cm³/mol. The number of ketones is 1. The minimum Gasteiger partial charge on any atom is -0.301 e. The lowest BCUT2D eigenvalue weighted by atomic mass is 10.1. The standard InChI is InChI=1S/C17H25ClN2O/c1-3-20(4-2)16-9-11-19(13-16)12-10-17(21)14-5-7-15(18)8-6-14/h5-8,16H,3-4,9-13H2,1-2H3. The summed E-state index contributed by atoms with van der Waals surface area (Å²) in [5, 5.41) is 0.674. The Morgan fingerprint density at radius 3 is 2.57 bits per heavy atom. The molecule has 4 heteroatoms. The monoisotopic (exact) mass is 308 g/mol. The van der Waals surface area contributed by atoms with E-state index in [2.05, 4.69) is 23.6 Å². The number of benzene rings is 1. The van der Waals surface area contributed by atoms with Crippen molar-refractivity contribution in [2.24, 2.45) is 0 Å². The highest BCUT2D eigenvalue weighted by Crippen LogP contribution is 2.17. The van der Waals surface area contributed by atoms with Gasteiger partial charge in [-0.1, -0.05) is 25.4 Å². The summed E-state index contributed by atoms with van der Waals surface area (Å²) in [4.78, 5) is 17.1. The van der Waals surface area contributed by atoms with Gasteiger partial charge in [-0.3, -0.25) is 9.69 Å². The first kappa shape index (κ1) is 16.5. The minimum atomic E-state index is 0.206. The van der Waals surface area contributed by atoms with Gasteiger partial charge >= 0.3 is 0 Å². The summed E-state index contributed by atoms with van der Waals surface area (Å²) in [6, 6.07) is 7.84. The highest BCUT2D eigenvalue weighted by molar-refractivity contribution is 6.30. The first-order chi connectivity index (χ1) is 10.1. The molecule has 1 fully saturated rings. The highest BCUT2D eigenvalue weighted by atomic mass is 35.5. The Bertz CT molecular complexity index is 456. The van der Waals surface area contributed by atoms with Crippen LogP contribution in [0.5, 0.6) is 0 Å². The van der Waals surface area contributed by atoms with E-state index in [9.17, 15) is 4.79 Å². The van der Waals surface area contributed by atoms with Crippen LogP contribution in [0.2, 0.25) is 5.02 Å². The summed E-state index contributed by atoms with van der Waals surface area (Å²) in [6.45, 7) is 9.72. The Morgan fingerprint density at radius 2 is 1.95 bits per heavy atom. The van der Waals surface area contributed by atoms with Crippen molar-refractivity contribution in [1.29, 1.82) is 0 Å². The molecule has 1 aliphatic rings. The Hall–Kier alpha value is -0.900. The minimum absolute atomic E-state index is 0.206. The molecule has 2 rings (SSSR count). The SMILES string of the molecule is CCN(CC)C1CCN(CCC(=O)c2ccc(Cl)cc2)C1. The summed E-state index contributed by atoms with van der Waals surface area (Å²) in [7, 11) is 0. The van der Waals surface area contributed by atoms with Crippen LogP contribution in [0.15, 0.2) is 24.3 Å². The van der Waals surface area contributed by atoms with Gasteiger partial charge in [-0.05, 0) is 50.3 Å². The van der Waals surface area contributed by atoms with E-state index in [1.54, 1.807) is 12.1 Å². The van der Waals surface area contributed by atoms with E-state index in [0.717, 1.165) is 38.3 Å². The molecule has 0 radical (unpaired) electrons.